The molecule has 1 saturated carbocycles. The van der Waals surface area contributed by atoms with Gasteiger partial charge in [-0.2, -0.15) is 0 Å². The minimum absolute atomic E-state index is 0.199. The lowest BCUT2D eigenvalue weighted by Crippen LogP contribution is -2.45. The minimum atomic E-state index is 0.199. The highest BCUT2D eigenvalue weighted by Gasteiger charge is 2.36. The average Bonchev–Trinajstić information content (AvgIpc) is 2.73. The molecule has 1 N–H and O–H groups in total. The van der Waals surface area contributed by atoms with Crippen molar-refractivity contribution < 1.29 is 4.79 Å². The van der Waals surface area contributed by atoms with E-state index >= 15 is 0 Å². The molecule has 2 rings (SSSR count). The van der Waals surface area contributed by atoms with Gasteiger partial charge in [-0.3, -0.25) is 4.79 Å². The Hall–Kier alpha value is -0.570. The highest BCUT2D eigenvalue weighted by atomic mass is 16.2. The van der Waals surface area contributed by atoms with E-state index in [0.717, 1.165) is 13.0 Å². The number of nitrogens with one attached hydrogen (secondary N) is 1. The summed E-state index contributed by atoms with van der Waals surface area (Å²) in [7, 11) is 2.01. The van der Waals surface area contributed by atoms with Crippen molar-refractivity contribution in [2.45, 2.75) is 65.0 Å². The first-order chi connectivity index (χ1) is 8.41. The van der Waals surface area contributed by atoms with Crippen LogP contribution in [0.15, 0.2) is 0 Å². The third-order valence-corrected chi connectivity index (χ3v) is 5.05. The normalized spacial score (nSPS) is 32.4. The molecule has 3 nitrogen and oxygen atoms in total. The van der Waals surface area contributed by atoms with Gasteiger partial charge in [0.2, 0.25) is 5.91 Å². The molecule has 0 radical (unpaired) electrons. The molecule has 1 saturated heterocycles. The van der Waals surface area contributed by atoms with Crippen LogP contribution in [0.3, 0.4) is 0 Å². The lowest BCUT2D eigenvalue weighted by molar-refractivity contribution is -0.137. The predicted molar refractivity (Wildman–Crippen MR) is 74.4 cm³/mol. The maximum Gasteiger partial charge on any atom is 0.227 e. The van der Waals surface area contributed by atoms with Crippen molar-refractivity contribution in [1.29, 1.82) is 0 Å². The number of rotatable bonds is 2. The first-order valence-electron chi connectivity index (χ1n) is 7.41. The largest absolute Gasteiger partial charge is 0.342 e. The SMILES string of the molecule is CC1NCCC1C(=O)N(C)C1CCC(C)(C)CC1. The van der Waals surface area contributed by atoms with Crippen LogP contribution >= 0.6 is 0 Å². The zero-order chi connectivity index (χ0) is 13.3. The van der Waals surface area contributed by atoms with E-state index in [2.05, 4.69) is 26.1 Å². The molecule has 2 atom stereocenters. The van der Waals surface area contributed by atoms with Gasteiger partial charge in [-0.05, 0) is 51.0 Å². The first-order valence-corrected chi connectivity index (χ1v) is 7.41. The summed E-state index contributed by atoms with van der Waals surface area (Å²) in [6, 6.07) is 0.818. The molecular formula is C15H28N2O. The molecule has 0 spiro atoms. The summed E-state index contributed by atoms with van der Waals surface area (Å²) >= 11 is 0. The number of carbonyl (C=O) groups is 1. The van der Waals surface area contributed by atoms with Crippen molar-refractivity contribution in [1.82, 2.24) is 10.2 Å². The van der Waals surface area contributed by atoms with Crippen molar-refractivity contribution in [3.63, 3.8) is 0 Å². The summed E-state index contributed by atoms with van der Waals surface area (Å²) in [5, 5.41) is 3.37. The van der Waals surface area contributed by atoms with E-state index in [4.69, 9.17) is 0 Å². The predicted octanol–water partition coefficient (Wildman–Crippen LogP) is 2.41. The molecule has 1 amide bonds. The van der Waals surface area contributed by atoms with Gasteiger partial charge in [0.25, 0.3) is 0 Å². The minimum Gasteiger partial charge on any atom is -0.342 e. The van der Waals surface area contributed by atoms with Gasteiger partial charge in [-0.1, -0.05) is 13.8 Å². The molecule has 1 aliphatic carbocycles. The van der Waals surface area contributed by atoms with E-state index in [1.165, 1.54) is 25.7 Å². The molecule has 2 aliphatic rings. The van der Waals surface area contributed by atoms with Crippen LogP contribution in [0.5, 0.6) is 0 Å². The number of hydrogen-bond donors (Lipinski definition) is 1. The van der Waals surface area contributed by atoms with Crippen molar-refractivity contribution in [2.24, 2.45) is 11.3 Å². The summed E-state index contributed by atoms with van der Waals surface area (Å²) in [6.07, 6.45) is 5.83. The molecular weight excluding hydrogens is 224 g/mol. The van der Waals surface area contributed by atoms with E-state index in [1.54, 1.807) is 0 Å². The quantitative estimate of drug-likeness (QED) is 0.818. The molecule has 1 aliphatic heterocycles. The fourth-order valence-electron chi connectivity index (χ4n) is 3.41. The van der Waals surface area contributed by atoms with Crippen LogP contribution in [0.25, 0.3) is 0 Å². The smallest absolute Gasteiger partial charge is 0.227 e. The Morgan fingerprint density at radius 3 is 2.33 bits per heavy atom. The molecule has 2 unspecified atom stereocenters. The van der Waals surface area contributed by atoms with Gasteiger partial charge in [0.15, 0.2) is 0 Å². The molecule has 2 fully saturated rings. The fraction of sp³-hybridized carbons (Fsp3) is 0.933. The summed E-state index contributed by atoms with van der Waals surface area (Å²) in [5.41, 5.74) is 0.475. The number of nitrogens with zero attached hydrogens (tertiary/aromatic N) is 1. The van der Waals surface area contributed by atoms with Gasteiger partial charge in [0.1, 0.15) is 0 Å². The van der Waals surface area contributed by atoms with Crippen LogP contribution in [0.1, 0.15) is 52.9 Å². The zero-order valence-electron chi connectivity index (χ0n) is 12.3. The lowest BCUT2D eigenvalue weighted by Gasteiger charge is -2.39. The van der Waals surface area contributed by atoms with Crippen LogP contribution in [0.4, 0.5) is 0 Å². The van der Waals surface area contributed by atoms with Crippen LogP contribution < -0.4 is 5.32 Å². The van der Waals surface area contributed by atoms with Gasteiger partial charge in [0.05, 0.1) is 5.92 Å². The Morgan fingerprint density at radius 2 is 1.83 bits per heavy atom. The molecule has 3 heteroatoms. The van der Waals surface area contributed by atoms with Gasteiger partial charge in [-0.25, -0.2) is 0 Å². The zero-order valence-corrected chi connectivity index (χ0v) is 12.3. The second-order valence-corrected chi connectivity index (χ2v) is 6.98. The molecule has 104 valence electrons. The van der Waals surface area contributed by atoms with Gasteiger partial charge >= 0.3 is 0 Å². The summed E-state index contributed by atoms with van der Waals surface area (Å²) in [5.74, 6) is 0.558. The molecule has 18 heavy (non-hydrogen) atoms. The Labute approximate surface area is 111 Å². The number of carbonyl (C=O) groups excluding carboxylic acids is 1. The fourth-order valence-corrected chi connectivity index (χ4v) is 3.41. The third-order valence-electron chi connectivity index (χ3n) is 5.05. The van der Waals surface area contributed by atoms with E-state index in [-0.39, 0.29) is 5.92 Å². The molecule has 0 aromatic carbocycles. The molecule has 0 aromatic heterocycles. The Balaban J connectivity index is 1.91. The Kier molecular flexibility index (Phi) is 4.00. The molecule has 1 heterocycles. The summed E-state index contributed by atoms with van der Waals surface area (Å²) in [6.45, 7) is 7.80. The maximum atomic E-state index is 12.5. The molecule has 0 aromatic rings. The van der Waals surface area contributed by atoms with Gasteiger partial charge in [-0.15, -0.1) is 0 Å². The second kappa shape index (κ2) is 5.20. The van der Waals surface area contributed by atoms with Crippen molar-refractivity contribution in [3.8, 4) is 0 Å². The van der Waals surface area contributed by atoms with Crippen molar-refractivity contribution in [3.05, 3.63) is 0 Å². The van der Waals surface area contributed by atoms with E-state index in [0.29, 0.717) is 23.4 Å². The van der Waals surface area contributed by atoms with Crippen LogP contribution in [0, 0.1) is 11.3 Å². The standard InChI is InChI=1S/C15H28N2O/c1-11-13(7-10-16-11)14(18)17(4)12-5-8-15(2,3)9-6-12/h11-13,16H,5-10H2,1-4H3. The highest BCUT2D eigenvalue weighted by molar-refractivity contribution is 5.80. The van der Waals surface area contributed by atoms with E-state index in [9.17, 15) is 4.79 Å². The Bertz CT molecular complexity index is 304. The van der Waals surface area contributed by atoms with Gasteiger partial charge in [0, 0.05) is 19.1 Å². The topological polar surface area (TPSA) is 32.3 Å². The van der Waals surface area contributed by atoms with Gasteiger partial charge < -0.3 is 10.2 Å². The Morgan fingerprint density at radius 1 is 1.22 bits per heavy atom. The number of amides is 1. The maximum absolute atomic E-state index is 12.5. The highest BCUT2D eigenvalue weighted by Crippen LogP contribution is 2.37. The molecule has 0 bridgehead atoms. The van der Waals surface area contributed by atoms with Crippen molar-refractivity contribution in [2.75, 3.05) is 13.6 Å². The second-order valence-electron chi connectivity index (χ2n) is 6.98. The number of hydrogen-bond acceptors (Lipinski definition) is 2. The first kappa shape index (κ1) is 13.9. The summed E-state index contributed by atoms with van der Waals surface area (Å²) < 4.78 is 0. The van der Waals surface area contributed by atoms with Crippen LogP contribution in [0.2, 0.25) is 0 Å². The average molecular weight is 252 g/mol. The third kappa shape index (κ3) is 2.87. The monoisotopic (exact) mass is 252 g/mol. The van der Waals surface area contributed by atoms with Crippen LogP contribution in [-0.2, 0) is 4.79 Å². The summed E-state index contributed by atoms with van der Waals surface area (Å²) in [4.78, 5) is 14.5. The van der Waals surface area contributed by atoms with Crippen molar-refractivity contribution >= 4 is 5.91 Å². The van der Waals surface area contributed by atoms with E-state index in [1.807, 2.05) is 11.9 Å². The lowest BCUT2D eigenvalue weighted by atomic mass is 9.75. The van der Waals surface area contributed by atoms with E-state index < -0.39 is 0 Å². The van der Waals surface area contributed by atoms with Crippen LogP contribution in [-0.4, -0.2) is 36.5 Å².